The first-order valence-corrected chi connectivity index (χ1v) is 9.68. The number of rotatable bonds is 7. The zero-order chi connectivity index (χ0) is 19.1. The standard InChI is InChI=1S/C20H24N6S/c1-2-9-26(10-5-8-21)19-18(13-22-14-23-19)25-20(27)24-17-11-15-6-3-4-7-16(15)12-17/h3-4,6-7,13-14,17H,2,5,9-12H2,1H3,(H2,24,25,27). The number of hydrogen-bond donors (Lipinski definition) is 2. The minimum absolute atomic E-state index is 0.292. The highest BCUT2D eigenvalue weighted by atomic mass is 32.1. The van der Waals surface area contributed by atoms with Gasteiger partial charge in [-0.1, -0.05) is 31.2 Å². The molecule has 0 unspecified atom stereocenters. The lowest BCUT2D eigenvalue weighted by Crippen LogP contribution is -2.38. The Morgan fingerprint density at radius 3 is 2.70 bits per heavy atom. The largest absolute Gasteiger partial charge is 0.359 e. The van der Waals surface area contributed by atoms with Gasteiger partial charge in [-0.05, 0) is 42.6 Å². The van der Waals surface area contributed by atoms with E-state index in [1.54, 1.807) is 6.20 Å². The summed E-state index contributed by atoms with van der Waals surface area (Å²) in [5.74, 6) is 0.779. The van der Waals surface area contributed by atoms with Gasteiger partial charge in [-0.25, -0.2) is 9.97 Å². The van der Waals surface area contributed by atoms with Crippen LogP contribution in [0.1, 0.15) is 30.9 Å². The normalized spacial score (nSPS) is 12.9. The first-order chi connectivity index (χ1) is 13.2. The SMILES string of the molecule is CCCN(CCC#N)c1ncncc1NC(=S)NC1Cc2ccccc2C1. The molecule has 0 saturated carbocycles. The number of nitrogens with one attached hydrogen (secondary N) is 2. The molecule has 27 heavy (non-hydrogen) atoms. The van der Waals surface area contributed by atoms with Gasteiger partial charge in [0, 0.05) is 19.1 Å². The van der Waals surface area contributed by atoms with Crippen LogP contribution in [0.5, 0.6) is 0 Å². The van der Waals surface area contributed by atoms with Gasteiger partial charge in [-0.2, -0.15) is 5.26 Å². The lowest BCUT2D eigenvalue weighted by atomic mass is 10.1. The monoisotopic (exact) mass is 380 g/mol. The molecular formula is C20H24N6S. The number of nitriles is 1. The number of hydrogen-bond acceptors (Lipinski definition) is 5. The first-order valence-electron chi connectivity index (χ1n) is 9.27. The fourth-order valence-corrected chi connectivity index (χ4v) is 3.72. The average molecular weight is 381 g/mol. The molecule has 1 heterocycles. The Labute approximate surface area is 165 Å². The lowest BCUT2D eigenvalue weighted by Gasteiger charge is -2.25. The van der Waals surface area contributed by atoms with Crippen molar-refractivity contribution in [3.05, 3.63) is 47.9 Å². The van der Waals surface area contributed by atoms with Gasteiger partial charge in [-0.3, -0.25) is 0 Å². The fourth-order valence-electron chi connectivity index (χ4n) is 3.45. The van der Waals surface area contributed by atoms with Crippen molar-refractivity contribution in [1.82, 2.24) is 15.3 Å². The number of fused-ring (bicyclic) bond motifs is 1. The molecule has 1 aromatic carbocycles. The van der Waals surface area contributed by atoms with E-state index in [0.29, 0.717) is 24.1 Å². The van der Waals surface area contributed by atoms with Crippen LogP contribution in [-0.2, 0) is 12.8 Å². The van der Waals surface area contributed by atoms with Crippen LogP contribution in [0, 0.1) is 11.3 Å². The van der Waals surface area contributed by atoms with Gasteiger partial charge in [0.1, 0.15) is 12.0 Å². The van der Waals surface area contributed by atoms with E-state index < -0.39 is 0 Å². The number of anilines is 2. The van der Waals surface area contributed by atoms with E-state index in [4.69, 9.17) is 17.5 Å². The van der Waals surface area contributed by atoms with Crippen LogP contribution in [0.3, 0.4) is 0 Å². The van der Waals surface area contributed by atoms with Crippen LogP contribution >= 0.6 is 12.2 Å². The van der Waals surface area contributed by atoms with Crippen molar-refractivity contribution in [2.45, 2.75) is 38.6 Å². The molecule has 3 rings (SSSR count). The van der Waals surface area contributed by atoms with E-state index in [1.165, 1.54) is 17.5 Å². The number of benzene rings is 1. The second-order valence-electron chi connectivity index (χ2n) is 6.63. The van der Waals surface area contributed by atoms with Gasteiger partial charge in [0.25, 0.3) is 0 Å². The molecule has 0 spiro atoms. The van der Waals surface area contributed by atoms with Crippen molar-refractivity contribution >= 4 is 28.8 Å². The lowest BCUT2D eigenvalue weighted by molar-refractivity contribution is 0.648. The molecule has 1 aliphatic carbocycles. The van der Waals surface area contributed by atoms with E-state index in [2.05, 4.69) is 62.8 Å². The molecule has 0 amide bonds. The summed E-state index contributed by atoms with van der Waals surface area (Å²) in [6.45, 7) is 3.57. The molecule has 0 atom stereocenters. The molecule has 0 fully saturated rings. The Morgan fingerprint density at radius 1 is 1.30 bits per heavy atom. The molecule has 0 saturated heterocycles. The molecule has 7 heteroatoms. The van der Waals surface area contributed by atoms with Gasteiger partial charge in [0.15, 0.2) is 10.9 Å². The Bertz CT molecular complexity index is 806. The molecule has 1 aromatic heterocycles. The maximum absolute atomic E-state index is 8.92. The summed E-state index contributed by atoms with van der Waals surface area (Å²) in [4.78, 5) is 10.7. The Morgan fingerprint density at radius 2 is 2.04 bits per heavy atom. The van der Waals surface area contributed by atoms with E-state index in [9.17, 15) is 0 Å². The highest BCUT2D eigenvalue weighted by molar-refractivity contribution is 7.80. The topological polar surface area (TPSA) is 76.9 Å². The molecule has 1 aliphatic rings. The summed E-state index contributed by atoms with van der Waals surface area (Å²) in [5, 5.41) is 16.2. The molecule has 0 radical (unpaired) electrons. The fraction of sp³-hybridized carbons (Fsp3) is 0.400. The van der Waals surface area contributed by atoms with E-state index in [1.807, 2.05) is 0 Å². The van der Waals surface area contributed by atoms with Crippen molar-refractivity contribution in [2.75, 3.05) is 23.3 Å². The van der Waals surface area contributed by atoms with Crippen molar-refractivity contribution in [2.24, 2.45) is 0 Å². The smallest absolute Gasteiger partial charge is 0.171 e. The van der Waals surface area contributed by atoms with Crippen molar-refractivity contribution in [1.29, 1.82) is 5.26 Å². The van der Waals surface area contributed by atoms with Crippen LogP contribution in [0.4, 0.5) is 11.5 Å². The van der Waals surface area contributed by atoms with Gasteiger partial charge < -0.3 is 15.5 Å². The Hall–Kier alpha value is -2.72. The van der Waals surface area contributed by atoms with E-state index in [-0.39, 0.29) is 0 Å². The zero-order valence-corrected chi connectivity index (χ0v) is 16.3. The predicted octanol–water partition coefficient (Wildman–Crippen LogP) is 3.06. The Balaban J connectivity index is 1.65. The van der Waals surface area contributed by atoms with Crippen LogP contribution in [0.15, 0.2) is 36.8 Å². The molecular weight excluding hydrogens is 356 g/mol. The molecule has 2 aromatic rings. The third-order valence-electron chi connectivity index (χ3n) is 4.61. The van der Waals surface area contributed by atoms with Crippen molar-refractivity contribution < 1.29 is 0 Å². The third-order valence-corrected chi connectivity index (χ3v) is 4.83. The van der Waals surface area contributed by atoms with Gasteiger partial charge in [-0.15, -0.1) is 0 Å². The average Bonchev–Trinajstić information content (AvgIpc) is 3.07. The highest BCUT2D eigenvalue weighted by Crippen LogP contribution is 2.24. The predicted molar refractivity (Wildman–Crippen MR) is 112 cm³/mol. The summed E-state index contributed by atoms with van der Waals surface area (Å²) >= 11 is 5.53. The quantitative estimate of drug-likeness (QED) is 0.715. The van der Waals surface area contributed by atoms with Gasteiger partial charge in [0.2, 0.25) is 0 Å². The summed E-state index contributed by atoms with van der Waals surface area (Å²) in [6.07, 6.45) is 6.62. The summed E-state index contributed by atoms with van der Waals surface area (Å²) in [7, 11) is 0. The summed E-state index contributed by atoms with van der Waals surface area (Å²) < 4.78 is 0. The zero-order valence-electron chi connectivity index (χ0n) is 15.5. The third kappa shape index (κ3) is 4.92. The van der Waals surface area contributed by atoms with Crippen molar-refractivity contribution in [3.8, 4) is 6.07 Å². The molecule has 2 N–H and O–H groups in total. The highest BCUT2D eigenvalue weighted by Gasteiger charge is 2.22. The van der Waals surface area contributed by atoms with E-state index >= 15 is 0 Å². The second kappa shape index (κ2) is 9.28. The van der Waals surface area contributed by atoms with Crippen LogP contribution in [0.25, 0.3) is 0 Å². The number of nitrogens with zero attached hydrogens (tertiary/aromatic N) is 4. The number of thiocarbonyl (C=S) groups is 1. The van der Waals surface area contributed by atoms with Crippen LogP contribution < -0.4 is 15.5 Å². The van der Waals surface area contributed by atoms with Gasteiger partial charge in [0.05, 0.1) is 18.7 Å². The Kier molecular flexibility index (Phi) is 6.55. The molecule has 140 valence electrons. The molecule has 6 nitrogen and oxygen atoms in total. The minimum atomic E-state index is 0.292. The van der Waals surface area contributed by atoms with Crippen LogP contribution in [-0.4, -0.2) is 34.2 Å². The van der Waals surface area contributed by atoms with E-state index in [0.717, 1.165) is 37.3 Å². The maximum atomic E-state index is 8.92. The van der Waals surface area contributed by atoms with Crippen LogP contribution in [0.2, 0.25) is 0 Å². The minimum Gasteiger partial charge on any atom is -0.359 e. The summed E-state index contributed by atoms with van der Waals surface area (Å²) in [6, 6.07) is 11.0. The molecule has 0 aliphatic heterocycles. The van der Waals surface area contributed by atoms with Crippen molar-refractivity contribution in [3.63, 3.8) is 0 Å². The molecule has 0 bridgehead atoms. The van der Waals surface area contributed by atoms with Gasteiger partial charge >= 0.3 is 0 Å². The number of aromatic nitrogens is 2. The summed E-state index contributed by atoms with van der Waals surface area (Å²) in [5.41, 5.74) is 3.52. The first kappa shape index (κ1) is 19.1. The maximum Gasteiger partial charge on any atom is 0.171 e. The second-order valence-corrected chi connectivity index (χ2v) is 7.04.